The second kappa shape index (κ2) is 20.8. The van der Waals surface area contributed by atoms with Crippen molar-refractivity contribution in [1.29, 1.82) is 0 Å². The van der Waals surface area contributed by atoms with Crippen LogP contribution in [0.1, 0.15) is 74.7 Å². The van der Waals surface area contributed by atoms with E-state index in [9.17, 15) is 0 Å². The van der Waals surface area contributed by atoms with Crippen molar-refractivity contribution in [3.63, 3.8) is 0 Å². The van der Waals surface area contributed by atoms with Gasteiger partial charge in [0.1, 0.15) is 0 Å². The number of hydrogen-bond acceptors (Lipinski definition) is 1. The van der Waals surface area contributed by atoms with Gasteiger partial charge in [0.15, 0.2) is 0 Å². The van der Waals surface area contributed by atoms with E-state index in [0.29, 0.717) is 0 Å². The predicted octanol–water partition coefficient (Wildman–Crippen LogP) is 5.90. The third-order valence-corrected chi connectivity index (χ3v) is 1.97. The van der Waals surface area contributed by atoms with Gasteiger partial charge < -0.3 is 0 Å². The molecule has 104 valence electrons. The summed E-state index contributed by atoms with van der Waals surface area (Å²) in [5, 5.41) is 0. The molecule has 0 radical (unpaired) electrons. The maximum absolute atomic E-state index is 4.03. The fraction of sp³-hybridized carbons (Fsp3) is 0.812. The van der Waals surface area contributed by atoms with Crippen LogP contribution in [0.5, 0.6) is 0 Å². The SMILES string of the molecule is CC.CC.CC.CC1=CC=NCC1.CC1CC1. The summed E-state index contributed by atoms with van der Waals surface area (Å²) in [6.45, 7) is 17.4. The van der Waals surface area contributed by atoms with Gasteiger partial charge in [-0.15, -0.1) is 0 Å². The normalized spacial score (nSPS) is 15.2. The first-order valence-electron chi connectivity index (χ1n) is 7.44. The maximum atomic E-state index is 4.03. The van der Waals surface area contributed by atoms with Crippen LogP contribution in [0.4, 0.5) is 0 Å². The fourth-order valence-electron chi connectivity index (χ4n) is 0.745. The summed E-state index contributed by atoms with van der Waals surface area (Å²) in [5.74, 6) is 1.08. The molecule has 0 spiro atoms. The fourth-order valence-corrected chi connectivity index (χ4v) is 0.745. The molecule has 17 heavy (non-hydrogen) atoms. The van der Waals surface area contributed by atoms with Crippen LogP contribution in [-0.2, 0) is 0 Å². The zero-order valence-electron chi connectivity index (χ0n) is 13.5. The van der Waals surface area contributed by atoms with Gasteiger partial charge in [-0.25, -0.2) is 0 Å². The first-order chi connectivity index (χ1) is 8.29. The topological polar surface area (TPSA) is 12.4 Å². The molecule has 2 rings (SSSR count). The van der Waals surface area contributed by atoms with Gasteiger partial charge >= 0.3 is 0 Å². The molecule has 0 N–H and O–H groups in total. The third-order valence-electron chi connectivity index (χ3n) is 1.97. The Morgan fingerprint density at radius 1 is 1.00 bits per heavy atom. The molecule has 0 bridgehead atoms. The minimum Gasteiger partial charge on any atom is -0.293 e. The highest BCUT2D eigenvalue weighted by Gasteiger charge is 2.12. The molecule has 0 unspecified atom stereocenters. The second-order valence-electron chi connectivity index (χ2n) is 3.50. The van der Waals surface area contributed by atoms with E-state index in [1.54, 1.807) is 0 Å². The zero-order valence-corrected chi connectivity index (χ0v) is 13.5. The minimum absolute atomic E-state index is 0.988. The van der Waals surface area contributed by atoms with Gasteiger partial charge in [-0.2, -0.15) is 0 Å². The van der Waals surface area contributed by atoms with Gasteiger partial charge in [-0.3, -0.25) is 4.99 Å². The lowest BCUT2D eigenvalue weighted by Gasteiger charge is -1.98. The lowest BCUT2D eigenvalue weighted by Crippen LogP contribution is -1.89. The second-order valence-corrected chi connectivity index (χ2v) is 3.50. The van der Waals surface area contributed by atoms with Crippen LogP contribution in [-0.4, -0.2) is 12.8 Å². The van der Waals surface area contributed by atoms with Gasteiger partial charge in [0, 0.05) is 12.8 Å². The molecular formula is C16H35N. The average Bonchev–Trinajstić information content (AvgIpc) is 3.21. The largest absolute Gasteiger partial charge is 0.293 e. The number of hydrogen-bond donors (Lipinski definition) is 0. The molecule has 1 nitrogen and oxygen atoms in total. The van der Waals surface area contributed by atoms with Crippen molar-refractivity contribution < 1.29 is 0 Å². The molecule has 1 heterocycles. The molecule has 0 amide bonds. The Morgan fingerprint density at radius 2 is 1.41 bits per heavy atom. The number of nitrogens with zero attached hydrogens (tertiary/aromatic N) is 1. The molecule has 1 aliphatic heterocycles. The van der Waals surface area contributed by atoms with Crippen molar-refractivity contribution >= 4 is 6.21 Å². The lowest BCUT2D eigenvalue weighted by atomic mass is 10.2. The highest BCUT2D eigenvalue weighted by Crippen LogP contribution is 2.26. The molecule has 0 aromatic carbocycles. The van der Waals surface area contributed by atoms with Crippen LogP contribution in [0, 0.1) is 5.92 Å². The van der Waals surface area contributed by atoms with E-state index >= 15 is 0 Å². The van der Waals surface area contributed by atoms with E-state index in [0.717, 1.165) is 18.9 Å². The van der Waals surface area contributed by atoms with Crippen LogP contribution < -0.4 is 0 Å². The van der Waals surface area contributed by atoms with Gasteiger partial charge in [0.25, 0.3) is 0 Å². The third kappa shape index (κ3) is 25.6. The first kappa shape index (κ1) is 21.7. The standard InChI is InChI=1S/C6H9N.C4H8.3C2H6/c1-6-2-4-7-5-3-6;1-4-2-3-4;3*1-2/h2,4H,3,5H2,1H3;4H,2-3H2,1H3;3*1-2H3. The van der Waals surface area contributed by atoms with Crippen molar-refractivity contribution in [2.75, 3.05) is 6.54 Å². The first-order valence-corrected chi connectivity index (χ1v) is 7.44. The Balaban J connectivity index is -0.000000169. The van der Waals surface area contributed by atoms with Crippen LogP contribution >= 0.6 is 0 Å². The molecule has 0 saturated heterocycles. The smallest absolute Gasteiger partial charge is 0.0426 e. The summed E-state index contributed by atoms with van der Waals surface area (Å²) in [4.78, 5) is 4.03. The molecule has 1 fully saturated rings. The summed E-state index contributed by atoms with van der Waals surface area (Å²) in [6, 6.07) is 0. The van der Waals surface area contributed by atoms with Gasteiger partial charge in [-0.05, 0) is 25.3 Å². The van der Waals surface area contributed by atoms with E-state index in [-0.39, 0.29) is 0 Å². The van der Waals surface area contributed by atoms with Crippen molar-refractivity contribution in [3.8, 4) is 0 Å². The Labute approximate surface area is 110 Å². The summed E-state index contributed by atoms with van der Waals surface area (Å²) < 4.78 is 0. The summed E-state index contributed by atoms with van der Waals surface area (Å²) in [7, 11) is 0. The molecule has 1 saturated carbocycles. The summed E-state index contributed by atoms with van der Waals surface area (Å²) in [5.41, 5.74) is 1.44. The Hall–Kier alpha value is -0.590. The van der Waals surface area contributed by atoms with Gasteiger partial charge in [0.2, 0.25) is 0 Å². The number of dihydropyridines is 1. The molecule has 0 aromatic rings. The Bertz CT molecular complexity index is 164. The van der Waals surface area contributed by atoms with Crippen LogP contribution in [0.15, 0.2) is 16.6 Å². The lowest BCUT2D eigenvalue weighted by molar-refractivity contribution is 0.943. The van der Waals surface area contributed by atoms with Crippen molar-refractivity contribution in [2.45, 2.75) is 74.7 Å². The molecule has 0 aromatic heterocycles. The Morgan fingerprint density at radius 3 is 1.53 bits per heavy atom. The maximum Gasteiger partial charge on any atom is 0.0426 e. The number of allylic oxidation sites excluding steroid dienone is 1. The van der Waals surface area contributed by atoms with E-state index in [2.05, 4.69) is 24.9 Å². The Kier molecular flexibility index (Phi) is 26.5. The average molecular weight is 241 g/mol. The van der Waals surface area contributed by atoms with E-state index in [1.807, 2.05) is 47.8 Å². The zero-order chi connectivity index (χ0) is 14.1. The molecular weight excluding hydrogens is 206 g/mol. The van der Waals surface area contributed by atoms with Crippen LogP contribution in [0.25, 0.3) is 0 Å². The quantitative estimate of drug-likeness (QED) is 0.500. The van der Waals surface area contributed by atoms with Gasteiger partial charge in [0.05, 0.1) is 0 Å². The molecule has 1 heteroatoms. The van der Waals surface area contributed by atoms with E-state index in [4.69, 9.17) is 0 Å². The van der Waals surface area contributed by atoms with Crippen molar-refractivity contribution in [3.05, 3.63) is 11.6 Å². The summed E-state index contributed by atoms with van der Waals surface area (Å²) in [6.07, 6.45) is 8.05. The highest BCUT2D eigenvalue weighted by molar-refractivity contribution is 5.72. The molecule has 1 aliphatic carbocycles. The molecule has 0 atom stereocenters. The van der Waals surface area contributed by atoms with Crippen LogP contribution in [0.2, 0.25) is 0 Å². The van der Waals surface area contributed by atoms with Crippen LogP contribution in [0.3, 0.4) is 0 Å². The number of rotatable bonds is 0. The van der Waals surface area contributed by atoms with Gasteiger partial charge in [-0.1, -0.05) is 66.9 Å². The summed E-state index contributed by atoms with van der Waals surface area (Å²) >= 11 is 0. The predicted molar refractivity (Wildman–Crippen MR) is 84.2 cm³/mol. The van der Waals surface area contributed by atoms with E-state index in [1.165, 1.54) is 18.4 Å². The number of aliphatic imine (C=N–C) groups is 1. The van der Waals surface area contributed by atoms with E-state index < -0.39 is 0 Å². The minimum atomic E-state index is 0.988. The van der Waals surface area contributed by atoms with Crippen molar-refractivity contribution in [2.24, 2.45) is 10.9 Å². The highest BCUT2D eigenvalue weighted by atomic mass is 14.7. The molecule has 2 aliphatic rings. The monoisotopic (exact) mass is 241 g/mol. The van der Waals surface area contributed by atoms with Crippen molar-refractivity contribution in [1.82, 2.24) is 0 Å².